The van der Waals surface area contributed by atoms with E-state index in [4.69, 9.17) is 0 Å². The lowest BCUT2D eigenvalue weighted by Gasteiger charge is -2.08. The predicted octanol–water partition coefficient (Wildman–Crippen LogP) is 1.92. The number of aromatic hydroxyl groups is 2. The summed E-state index contributed by atoms with van der Waals surface area (Å²) in [6.45, 7) is 3.38. The number of phenols is 2. The van der Waals surface area contributed by atoms with Gasteiger partial charge in [0.1, 0.15) is 11.5 Å². The molecule has 0 spiro atoms. The number of rotatable bonds is 4. The molecule has 0 aromatic heterocycles. The SMILES string of the molecule is C/C=C/[C@@H](O)CC(=O)c1cc(C)c(O)cc1O. The molecule has 0 saturated carbocycles. The number of aryl methyl sites for hydroxylation is 1. The number of hydrogen-bond acceptors (Lipinski definition) is 4. The van der Waals surface area contributed by atoms with Gasteiger partial charge in [0.2, 0.25) is 0 Å². The summed E-state index contributed by atoms with van der Waals surface area (Å²) in [5.74, 6) is -0.699. The average Bonchev–Trinajstić information content (AvgIpc) is 2.23. The second kappa shape index (κ2) is 5.50. The molecule has 0 unspecified atom stereocenters. The first kappa shape index (κ1) is 13.3. The Hall–Kier alpha value is -1.81. The van der Waals surface area contributed by atoms with Gasteiger partial charge in [0.25, 0.3) is 0 Å². The predicted molar refractivity (Wildman–Crippen MR) is 64.3 cm³/mol. The minimum atomic E-state index is -0.860. The summed E-state index contributed by atoms with van der Waals surface area (Å²) in [7, 11) is 0. The summed E-state index contributed by atoms with van der Waals surface area (Å²) in [6.07, 6.45) is 2.20. The molecule has 0 aliphatic carbocycles. The Morgan fingerprint density at radius 2 is 2.00 bits per heavy atom. The summed E-state index contributed by atoms with van der Waals surface area (Å²) in [5.41, 5.74) is 0.621. The Morgan fingerprint density at radius 1 is 1.35 bits per heavy atom. The zero-order chi connectivity index (χ0) is 13.0. The van der Waals surface area contributed by atoms with Crippen LogP contribution in [0.15, 0.2) is 24.3 Å². The second-order valence-electron chi connectivity index (χ2n) is 3.88. The lowest BCUT2D eigenvalue weighted by molar-refractivity contribution is 0.0920. The fraction of sp³-hybridized carbons (Fsp3) is 0.308. The maximum atomic E-state index is 11.8. The quantitative estimate of drug-likeness (QED) is 0.551. The van der Waals surface area contributed by atoms with Crippen molar-refractivity contribution >= 4 is 5.78 Å². The first-order valence-corrected chi connectivity index (χ1v) is 5.32. The van der Waals surface area contributed by atoms with E-state index in [2.05, 4.69) is 0 Å². The summed E-state index contributed by atoms with van der Waals surface area (Å²) in [4.78, 5) is 11.8. The number of phenolic OH excluding ortho intramolecular Hbond substituents is 2. The third-order valence-electron chi connectivity index (χ3n) is 2.42. The van der Waals surface area contributed by atoms with E-state index in [0.29, 0.717) is 5.56 Å². The molecular weight excluding hydrogens is 220 g/mol. The van der Waals surface area contributed by atoms with Gasteiger partial charge in [0.05, 0.1) is 11.7 Å². The van der Waals surface area contributed by atoms with Crippen molar-refractivity contribution in [2.45, 2.75) is 26.4 Å². The molecule has 92 valence electrons. The first-order valence-electron chi connectivity index (χ1n) is 5.32. The number of aliphatic hydroxyl groups excluding tert-OH is 1. The Labute approximate surface area is 99.8 Å². The van der Waals surface area contributed by atoms with Gasteiger partial charge in [-0.2, -0.15) is 0 Å². The summed E-state index contributed by atoms with van der Waals surface area (Å²) in [5, 5.41) is 28.3. The fourth-order valence-corrected chi connectivity index (χ4v) is 1.50. The highest BCUT2D eigenvalue weighted by molar-refractivity contribution is 5.99. The first-order chi connectivity index (χ1) is 7.95. The number of allylic oxidation sites excluding steroid dienone is 1. The highest BCUT2D eigenvalue weighted by atomic mass is 16.3. The third-order valence-corrected chi connectivity index (χ3v) is 2.42. The van der Waals surface area contributed by atoms with Crippen LogP contribution in [-0.4, -0.2) is 27.2 Å². The van der Waals surface area contributed by atoms with Gasteiger partial charge in [-0.25, -0.2) is 0 Å². The molecular formula is C13H16O4. The van der Waals surface area contributed by atoms with Crippen LogP contribution in [0.2, 0.25) is 0 Å². The zero-order valence-electron chi connectivity index (χ0n) is 9.84. The zero-order valence-corrected chi connectivity index (χ0v) is 9.84. The maximum Gasteiger partial charge on any atom is 0.169 e. The van der Waals surface area contributed by atoms with Crippen LogP contribution in [0.25, 0.3) is 0 Å². The van der Waals surface area contributed by atoms with E-state index in [1.54, 1.807) is 19.9 Å². The van der Waals surface area contributed by atoms with Gasteiger partial charge in [-0.15, -0.1) is 0 Å². The van der Waals surface area contributed by atoms with Crippen molar-refractivity contribution in [3.8, 4) is 11.5 Å². The Kier molecular flexibility index (Phi) is 4.29. The number of carbonyl (C=O) groups excluding carboxylic acids is 1. The van der Waals surface area contributed by atoms with Crippen molar-refractivity contribution in [1.29, 1.82) is 0 Å². The van der Waals surface area contributed by atoms with Crippen LogP contribution in [0.4, 0.5) is 0 Å². The van der Waals surface area contributed by atoms with Crippen molar-refractivity contribution in [1.82, 2.24) is 0 Å². The Balaban J connectivity index is 2.93. The molecule has 3 N–H and O–H groups in total. The van der Waals surface area contributed by atoms with Crippen LogP contribution in [-0.2, 0) is 0 Å². The van der Waals surface area contributed by atoms with Gasteiger partial charge >= 0.3 is 0 Å². The van der Waals surface area contributed by atoms with E-state index in [1.807, 2.05) is 0 Å². The molecule has 4 heteroatoms. The van der Waals surface area contributed by atoms with E-state index in [1.165, 1.54) is 12.1 Å². The molecule has 1 aromatic carbocycles. The molecule has 4 nitrogen and oxygen atoms in total. The van der Waals surface area contributed by atoms with Crippen molar-refractivity contribution in [3.05, 3.63) is 35.4 Å². The minimum absolute atomic E-state index is 0.0620. The van der Waals surface area contributed by atoms with Crippen molar-refractivity contribution in [3.63, 3.8) is 0 Å². The van der Waals surface area contributed by atoms with Crippen molar-refractivity contribution in [2.75, 3.05) is 0 Å². The molecule has 1 aromatic rings. The van der Waals surface area contributed by atoms with Crippen molar-refractivity contribution < 1.29 is 20.1 Å². The van der Waals surface area contributed by atoms with Crippen LogP contribution in [0.1, 0.15) is 29.3 Å². The van der Waals surface area contributed by atoms with Gasteiger partial charge in [0, 0.05) is 12.5 Å². The van der Waals surface area contributed by atoms with Crippen LogP contribution in [0.5, 0.6) is 11.5 Å². The lowest BCUT2D eigenvalue weighted by Crippen LogP contribution is -2.11. The van der Waals surface area contributed by atoms with Crippen LogP contribution >= 0.6 is 0 Å². The summed E-state index contributed by atoms with van der Waals surface area (Å²) < 4.78 is 0. The van der Waals surface area contributed by atoms with Gasteiger partial charge in [-0.1, -0.05) is 12.2 Å². The molecule has 1 atom stereocenters. The number of benzene rings is 1. The second-order valence-corrected chi connectivity index (χ2v) is 3.88. The van der Waals surface area contributed by atoms with Gasteiger partial charge in [0.15, 0.2) is 5.78 Å². The largest absolute Gasteiger partial charge is 0.508 e. The fourth-order valence-electron chi connectivity index (χ4n) is 1.50. The van der Waals surface area contributed by atoms with Crippen LogP contribution < -0.4 is 0 Å². The maximum absolute atomic E-state index is 11.8. The molecule has 0 amide bonds. The third kappa shape index (κ3) is 3.32. The molecule has 17 heavy (non-hydrogen) atoms. The monoisotopic (exact) mass is 236 g/mol. The highest BCUT2D eigenvalue weighted by Crippen LogP contribution is 2.27. The van der Waals surface area contributed by atoms with E-state index >= 15 is 0 Å². The topological polar surface area (TPSA) is 77.8 Å². The van der Waals surface area contributed by atoms with E-state index in [0.717, 1.165) is 6.07 Å². The molecule has 0 aliphatic heterocycles. The average molecular weight is 236 g/mol. The van der Waals surface area contributed by atoms with E-state index in [9.17, 15) is 20.1 Å². The van der Waals surface area contributed by atoms with Crippen molar-refractivity contribution in [2.24, 2.45) is 0 Å². The lowest BCUT2D eigenvalue weighted by atomic mass is 10.0. The molecule has 1 rings (SSSR count). The summed E-state index contributed by atoms with van der Waals surface area (Å²) in [6, 6.07) is 2.54. The summed E-state index contributed by atoms with van der Waals surface area (Å²) >= 11 is 0. The molecule has 0 aliphatic rings. The van der Waals surface area contributed by atoms with Gasteiger partial charge < -0.3 is 15.3 Å². The normalized spacial score (nSPS) is 12.9. The number of hydrogen-bond donors (Lipinski definition) is 3. The Bertz CT molecular complexity index is 449. The van der Waals surface area contributed by atoms with Crippen LogP contribution in [0.3, 0.4) is 0 Å². The number of Topliss-reactive ketones (excluding diaryl/α,β-unsaturated/α-hetero) is 1. The molecule has 0 bridgehead atoms. The van der Waals surface area contributed by atoms with E-state index < -0.39 is 6.10 Å². The minimum Gasteiger partial charge on any atom is -0.508 e. The van der Waals surface area contributed by atoms with Gasteiger partial charge in [-0.05, 0) is 25.5 Å². The van der Waals surface area contributed by atoms with Crippen LogP contribution in [0, 0.1) is 6.92 Å². The highest BCUT2D eigenvalue weighted by Gasteiger charge is 2.16. The smallest absolute Gasteiger partial charge is 0.169 e. The van der Waals surface area contributed by atoms with Gasteiger partial charge in [-0.3, -0.25) is 4.79 Å². The molecule has 0 radical (unpaired) electrons. The number of carbonyl (C=O) groups is 1. The standard InChI is InChI=1S/C13H16O4/c1-3-4-9(14)6-12(16)10-5-8(2)11(15)7-13(10)17/h3-5,7,9,14-15,17H,6H2,1-2H3/b4-3+/t9-/m1/s1. The molecule has 0 fully saturated rings. The molecule has 0 heterocycles. The van der Waals surface area contributed by atoms with E-state index in [-0.39, 0.29) is 29.3 Å². The number of aliphatic hydroxyl groups is 1. The number of ketones is 1. The molecule has 0 saturated heterocycles. The Morgan fingerprint density at radius 3 is 2.59 bits per heavy atom.